The highest BCUT2D eigenvalue weighted by atomic mass is 79.9. The zero-order valence-electron chi connectivity index (χ0n) is 17.8. The first-order chi connectivity index (χ1) is 15.4. The monoisotopic (exact) mass is 518 g/mol. The average Bonchev–Trinajstić information content (AvgIpc) is 2.84. The van der Waals surface area contributed by atoms with Crippen molar-refractivity contribution < 1.29 is 13.2 Å². The molecule has 2 saturated heterocycles. The zero-order valence-corrected chi connectivity index (χ0v) is 20.2. The number of sulfonamides is 1. The molecular formula is C23H27BrN4O3S. The van der Waals surface area contributed by atoms with Gasteiger partial charge in [0, 0.05) is 73.1 Å². The van der Waals surface area contributed by atoms with E-state index in [9.17, 15) is 13.2 Å². The summed E-state index contributed by atoms with van der Waals surface area (Å²) in [5.41, 5.74) is 1.96. The third kappa shape index (κ3) is 5.57. The van der Waals surface area contributed by atoms with Gasteiger partial charge in [-0.2, -0.15) is 4.31 Å². The van der Waals surface area contributed by atoms with Crippen molar-refractivity contribution in [1.82, 2.24) is 14.2 Å². The van der Waals surface area contributed by atoms with Crippen LogP contribution in [0.4, 0.5) is 5.69 Å². The summed E-state index contributed by atoms with van der Waals surface area (Å²) in [6, 6.07) is 11.4. The molecule has 4 rings (SSSR count). The second-order valence-electron chi connectivity index (χ2n) is 8.09. The van der Waals surface area contributed by atoms with E-state index in [-0.39, 0.29) is 11.8 Å². The van der Waals surface area contributed by atoms with Crippen molar-refractivity contribution in [3.8, 4) is 0 Å². The summed E-state index contributed by atoms with van der Waals surface area (Å²) >= 11 is 3.37. The fraction of sp³-hybridized carbons (Fsp3) is 0.391. The second kappa shape index (κ2) is 10.1. The van der Waals surface area contributed by atoms with Gasteiger partial charge in [-0.15, -0.1) is 0 Å². The van der Waals surface area contributed by atoms with Gasteiger partial charge in [-0.3, -0.25) is 9.78 Å². The van der Waals surface area contributed by atoms with Gasteiger partial charge >= 0.3 is 0 Å². The van der Waals surface area contributed by atoms with Gasteiger partial charge in [-0.25, -0.2) is 8.42 Å². The largest absolute Gasteiger partial charge is 0.371 e. The van der Waals surface area contributed by atoms with Crippen LogP contribution in [0.25, 0.3) is 6.08 Å². The van der Waals surface area contributed by atoms with Crippen LogP contribution in [0, 0.1) is 5.92 Å². The predicted octanol–water partition coefficient (Wildman–Crippen LogP) is 3.21. The van der Waals surface area contributed by atoms with E-state index < -0.39 is 10.0 Å². The van der Waals surface area contributed by atoms with E-state index >= 15 is 0 Å². The van der Waals surface area contributed by atoms with Crippen molar-refractivity contribution in [1.29, 1.82) is 0 Å². The molecule has 0 unspecified atom stereocenters. The van der Waals surface area contributed by atoms with Crippen molar-refractivity contribution in [2.24, 2.45) is 5.92 Å². The van der Waals surface area contributed by atoms with Crippen LogP contribution in [-0.4, -0.2) is 67.8 Å². The highest BCUT2D eigenvalue weighted by Gasteiger charge is 2.32. The van der Waals surface area contributed by atoms with E-state index in [1.807, 2.05) is 41.3 Å². The lowest BCUT2D eigenvalue weighted by molar-refractivity contribution is -0.137. The summed E-state index contributed by atoms with van der Waals surface area (Å²) in [6.07, 6.45) is 6.81. The molecule has 0 atom stereocenters. The first-order valence-electron chi connectivity index (χ1n) is 10.8. The van der Waals surface area contributed by atoms with Crippen molar-refractivity contribution in [2.75, 3.05) is 44.2 Å². The molecule has 3 heterocycles. The van der Waals surface area contributed by atoms with E-state index in [2.05, 4.69) is 25.8 Å². The SMILES string of the molecule is O=C(C1CCN(c2ccncc2)CC1)N1CCN(S(=O)(=O)C=Cc2ccc(Br)cc2)CC1. The second-order valence-corrected chi connectivity index (χ2v) is 10.8. The maximum atomic E-state index is 13.0. The first-order valence-corrected chi connectivity index (χ1v) is 13.1. The molecule has 0 bridgehead atoms. The number of aromatic nitrogens is 1. The molecule has 0 N–H and O–H groups in total. The van der Waals surface area contributed by atoms with Crippen molar-refractivity contribution in [3.63, 3.8) is 0 Å². The minimum Gasteiger partial charge on any atom is -0.371 e. The standard InChI is InChI=1S/C23H27BrN4O3S/c24-21-3-1-19(2-4-21)9-18-32(30,31)28-16-14-27(15-17-28)23(29)20-7-12-26(13-8-20)22-5-10-25-11-6-22/h1-6,9-11,18,20H,7-8,12-17H2. The molecule has 2 fully saturated rings. The Balaban J connectivity index is 1.27. The number of halogens is 1. The molecule has 2 aliphatic heterocycles. The molecule has 170 valence electrons. The Kier molecular flexibility index (Phi) is 7.27. The minimum absolute atomic E-state index is 0.00791. The maximum absolute atomic E-state index is 13.0. The number of carbonyl (C=O) groups excluding carboxylic acids is 1. The summed E-state index contributed by atoms with van der Waals surface area (Å²) in [5.74, 6) is 0.162. The number of nitrogens with zero attached hydrogens (tertiary/aromatic N) is 4. The highest BCUT2D eigenvalue weighted by Crippen LogP contribution is 2.25. The van der Waals surface area contributed by atoms with E-state index in [1.165, 1.54) is 9.71 Å². The van der Waals surface area contributed by atoms with Gasteiger partial charge in [0.15, 0.2) is 0 Å². The number of piperazine rings is 1. The predicted molar refractivity (Wildman–Crippen MR) is 129 cm³/mol. The molecule has 2 aromatic rings. The molecule has 1 amide bonds. The molecule has 0 radical (unpaired) electrons. The average molecular weight is 519 g/mol. The van der Waals surface area contributed by atoms with Gasteiger partial charge in [0.2, 0.25) is 15.9 Å². The van der Waals surface area contributed by atoms with Crippen LogP contribution in [0.15, 0.2) is 58.7 Å². The Labute approximate surface area is 197 Å². The van der Waals surface area contributed by atoms with E-state index in [0.29, 0.717) is 26.2 Å². The number of pyridine rings is 1. The van der Waals surface area contributed by atoms with Crippen LogP contribution in [0.1, 0.15) is 18.4 Å². The number of anilines is 1. The minimum atomic E-state index is -3.51. The summed E-state index contributed by atoms with van der Waals surface area (Å²) in [4.78, 5) is 21.2. The Hall–Kier alpha value is -2.23. The van der Waals surface area contributed by atoms with Gasteiger partial charge in [-0.1, -0.05) is 28.1 Å². The molecule has 7 nitrogen and oxygen atoms in total. The van der Waals surface area contributed by atoms with Gasteiger partial charge in [0.1, 0.15) is 0 Å². The number of hydrogen-bond donors (Lipinski definition) is 0. The summed E-state index contributed by atoms with van der Waals surface area (Å²) in [7, 11) is -3.51. The molecule has 0 aliphatic carbocycles. The fourth-order valence-corrected chi connectivity index (χ4v) is 5.62. The van der Waals surface area contributed by atoms with Gasteiger partial charge in [0.05, 0.1) is 0 Å². The third-order valence-electron chi connectivity index (χ3n) is 6.08. The molecule has 2 aliphatic rings. The lowest BCUT2D eigenvalue weighted by Crippen LogP contribution is -2.52. The summed E-state index contributed by atoms with van der Waals surface area (Å²) in [6.45, 7) is 3.22. The van der Waals surface area contributed by atoms with Gasteiger partial charge < -0.3 is 9.80 Å². The van der Waals surface area contributed by atoms with Crippen molar-refractivity contribution in [2.45, 2.75) is 12.8 Å². The van der Waals surface area contributed by atoms with Crippen LogP contribution in [-0.2, 0) is 14.8 Å². The molecule has 1 aromatic heterocycles. The number of piperidine rings is 1. The van der Waals surface area contributed by atoms with Crippen molar-refractivity contribution in [3.05, 3.63) is 64.2 Å². The Morgan fingerprint density at radius 3 is 2.19 bits per heavy atom. The Bertz CT molecular complexity index is 1040. The third-order valence-corrected chi connectivity index (χ3v) is 8.18. The quantitative estimate of drug-likeness (QED) is 0.607. The Morgan fingerprint density at radius 1 is 0.938 bits per heavy atom. The lowest BCUT2D eigenvalue weighted by atomic mass is 9.94. The van der Waals surface area contributed by atoms with Gasteiger partial charge in [-0.05, 0) is 48.7 Å². The molecule has 32 heavy (non-hydrogen) atoms. The van der Waals surface area contributed by atoms with Crippen LogP contribution in [0.5, 0.6) is 0 Å². The number of amides is 1. The molecular weight excluding hydrogens is 492 g/mol. The van der Waals surface area contributed by atoms with E-state index in [0.717, 1.165) is 41.7 Å². The zero-order chi connectivity index (χ0) is 22.6. The first kappa shape index (κ1) is 22.9. The molecule has 9 heteroatoms. The molecule has 1 aromatic carbocycles. The van der Waals surface area contributed by atoms with Crippen molar-refractivity contribution >= 4 is 43.6 Å². The van der Waals surface area contributed by atoms with Crippen LogP contribution < -0.4 is 4.90 Å². The fourth-order valence-electron chi connectivity index (χ4n) is 4.19. The van der Waals surface area contributed by atoms with E-state index in [4.69, 9.17) is 0 Å². The highest BCUT2D eigenvalue weighted by molar-refractivity contribution is 9.10. The number of benzene rings is 1. The van der Waals surface area contributed by atoms with E-state index in [1.54, 1.807) is 18.5 Å². The lowest BCUT2D eigenvalue weighted by Gasteiger charge is -2.38. The smallest absolute Gasteiger partial charge is 0.236 e. The number of rotatable bonds is 5. The normalized spacial score (nSPS) is 18.9. The summed E-state index contributed by atoms with van der Waals surface area (Å²) < 4.78 is 27.8. The number of hydrogen-bond acceptors (Lipinski definition) is 5. The molecule has 0 saturated carbocycles. The van der Waals surface area contributed by atoms with Crippen LogP contribution >= 0.6 is 15.9 Å². The van der Waals surface area contributed by atoms with Crippen LogP contribution in [0.2, 0.25) is 0 Å². The topological polar surface area (TPSA) is 73.8 Å². The Morgan fingerprint density at radius 2 is 1.56 bits per heavy atom. The summed E-state index contributed by atoms with van der Waals surface area (Å²) in [5, 5.41) is 1.25. The van der Waals surface area contributed by atoms with Gasteiger partial charge in [0.25, 0.3) is 0 Å². The number of carbonyl (C=O) groups is 1. The molecule has 0 spiro atoms. The maximum Gasteiger partial charge on any atom is 0.236 e. The van der Waals surface area contributed by atoms with Crippen LogP contribution in [0.3, 0.4) is 0 Å².